The number of aromatic nitrogens is 1. The summed E-state index contributed by atoms with van der Waals surface area (Å²) in [5.74, 6) is 0.807. The number of amides is 2. The molecule has 2 aliphatic rings. The third kappa shape index (κ3) is 3.96. The summed E-state index contributed by atoms with van der Waals surface area (Å²) in [5.41, 5.74) is 0.204. The molecule has 4 atom stereocenters. The smallest absolute Gasteiger partial charge is 0.407 e. The molecule has 0 bridgehead atoms. The van der Waals surface area contributed by atoms with Crippen molar-refractivity contribution in [3.8, 4) is 5.75 Å². The first-order valence-electron chi connectivity index (χ1n) is 9.91. The first-order valence-corrected chi connectivity index (χ1v) is 9.91. The minimum absolute atomic E-state index is 0.0514. The molecule has 160 valence electrons. The minimum atomic E-state index is -0.963. The topological polar surface area (TPSA) is 96.1 Å². The zero-order valence-electron chi connectivity index (χ0n) is 16.8. The van der Waals surface area contributed by atoms with E-state index in [0.29, 0.717) is 30.9 Å². The highest BCUT2D eigenvalue weighted by Gasteiger charge is 2.50. The largest absolute Gasteiger partial charge is 0.490 e. The lowest BCUT2D eigenvalue weighted by Crippen LogP contribution is -2.39. The van der Waals surface area contributed by atoms with E-state index in [1.165, 1.54) is 21.9 Å². The predicted molar refractivity (Wildman–Crippen MR) is 104 cm³/mol. The predicted octanol–water partition coefficient (Wildman–Crippen LogP) is 2.89. The number of benzene rings is 1. The van der Waals surface area contributed by atoms with Gasteiger partial charge in [0.1, 0.15) is 17.3 Å². The summed E-state index contributed by atoms with van der Waals surface area (Å²) in [6.45, 7) is 0.436. The number of fused-ring (bicyclic) bond motifs is 1. The van der Waals surface area contributed by atoms with Crippen LogP contribution in [0.3, 0.4) is 0 Å². The van der Waals surface area contributed by atoms with E-state index in [1.807, 2.05) is 0 Å². The number of carbonyl (C=O) groups is 2. The Morgan fingerprint density at radius 1 is 1.30 bits per heavy atom. The van der Waals surface area contributed by atoms with E-state index in [-0.39, 0.29) is 41.4 Å². The zero-order chi connectivity index (χ0) is 21.4. The molecule has 30 heavy (non-hydrogen) atoms. The van der Waals surface area contributed by atoms with Gasteiger partial charge in [0.05, 0.1) is 6.10 Å². The van der Waals surface area contributed by atoms with Crippen molar-refractivity contribution in [3.63, 3.8) is 0 Å². The van der Waals surface area contributed by atoms with Crippen molar-refractivity contribution in [1.29, 1.82) is 0 Å². The highest BCUT2D eigenvalue weighted by molar-refractivity contribution is 5.91. The Labute approximate surface area is 173 Å². The molecule has 1 aromatic carbocycles. The number of rotatable bonds is 5. The molecule has 1 saturated carbocycles. The van der Waals surface area contributed by atoms with Crippen molar-refractivity contribution >= 4 is 12.0 Å². The van der Waals surface area contributed by atoms with Gasteiger partial charge in [0.25, 0.3) is 5.91 Å². The van der Waals surface area contributed by atoms with Gasteiger partial charge in [-0.25, -0.2) is 9.18 Å². The van der Waals surface area contributed by atoms with Crippen LogP contribution in [0.25, 0.3) is 0 Å². The SMILES string of the molecule is CN(C)C(=O)c1cc(CC2[C@H]3C[C@@H](Oc4ccc(F)cc4)C[C@H]3CN2C(=O)O)on1. The maximum absolute atomic E-state index is 13.1. The van der Waals surface area contributed by atoms with Gasteiger partial charge in [0.2, 0.25) is 0 Å². The van der Waals surface area contributed by atoms with Crippen LogP contribution in [-0.4, -0.2) is 64.8 Å². The minimum Gasteiger partial charge on any atom is -0.490 e. The monoisotopic (exact) mass is 417 g/mol. The average molecular weight is 417 g/mol. The average Bonchev–Trinajstić information content (AvgIpc) is 3.39. The Morgan fingerprint density at radius 3 is 2.70 bits per heavy atom. The maximum Gasteiger partial charge on any atom is 0.407 e. The number of nitrogens with zero attached hydrogens (tertiary/aromatic N) is 3. The molecule has 2 fully saturated rings. The second-order valence-electron chi connectivity index (χ2n) is 8.17. The molecule has 1 N–H and O–H groups in total. The lowest BCUT2D eigenvalue weighted by molar-refractivity contribution is 0.0817. The fourth-order valence-electron chi connectivity index (χ4n) is 4.63. The van der Waals surface area contributed by atoms with E-state index in [4.69, 9.17) is 9.26 Å². The summed E-state index contributed by atoms with van der Waals surface area (Å²) < 4.78 is 24.4. The number of ether oxygens (including phenoxy) is 1. The molecule has 0 radical (unpaired) electrons. The lowest BCUT2D eigenvalue weighted by Gasteiger charge is -2.25. The van der Waals surface area contributed by atoms with Crippen molar-refractivity contribution in [2.75, 3.05) is 20.6 Å². The van der Waals surface area contributed by atoms with Crippen molar-refractivity contribution in [3.05, 3.63) is 47.6 Å². The van der Waals surface area contributed by atoms with Gasteiger partial charge in [0.15, 0.2) is 5.69 Å². The van der Waals surface area contributed by atoms with Crippen LogP contribution in [0.1, 0.15) is 29.1 Å². The van der Waals surface area contributed by atoms with E-state index < -0.39 is 6.09 Å². The van der Waals surface area contributed by atoms with Gasteiger partial charge in [0, 0.05) is 39.2 Å². The van der Waals surface area contributed by atoms with Crippen LogP contribution in [0, 0.1) is 17.7 Å². The maximum atomic E-state index is 13.1. The van der Waals surface area contributed by atoms with Gasteiger partial charge >= 0.3 is 6.09 Å². The van der Waals surface area contributed by atoms with E-state index >= 15 is 0 Å². The van der Waals surface area contributed by atoms with Crippen LogP contribution in [0.2, 0.25) is 0 Å². The number of carboxylic acid groups (broad SMARTS) is 1. The zero-order valence-corrected chi connectivity index (χ0v) is 16.8. The van der Waals surface area contributed by atoms with Gasteiger partial charge < -0.3 is 24.2 Å². The molecule has 2 aromatic rings. The molecule has 1 aliphatic carbocycles. The molecular weight excluding hydrogens is 393 g/mol. The summed E-state index contributed by atoms with van der Waals surface area (Å²) in [6.07, 6.45) is 0.779. The highest BCUT2D eigenvalue weighted by Crippen LogP contribution is 2.44. The van der Waals surface area contributed by atoms with Gasteiger partial charge in [-0.2, -0.15) is 0 Å². The summed E-state index contributed by atoms with van der Waals surface area (Å²) in [6, 6.07) is 7.22. The van der Waals surface area contributed by atoms with Crippen molar-refractivity contribution in [1.82, 2.24) is 15.0 Å². The van der Waals surface area contributed by atoms with Gasteiger partial charge in [-0.3, -0.25) is 4.79 Å². The molecular formula is C21H24FN3O5. The third-order valence-electron chi connectivity index (χ3n) is 5.99. The molecule has 4 rings (SSSR count). The van der Waals surface area contributed by atoms with E-state index in [9.17, 15) is 19.1 Å². The van der Waals surface area contributed by atoms with E-state index in [0.717, 1.165) is 6.42 Å². The molecule has 1 aromatic heterocycles. The van der Waals surface area contributed by atoms with Crippen LogP contribution in [0.4, 0.5) is 9.18 Å². The quantitative estimate of drug-likeness (QED) is 0.804. The Hall–Kier alpha value is -3.10. The number of carbonyl (C=O) groups excluding carboxylic acids is 1. The molecule has 1 aliphatic heterocycles. The Morgan fingerprint density at radius 2 is 2.03 bits per heavy atom. The Bertz CT molecular complexity index is 929. The fourth-order valence-corrected chi connectivity index (χ4v) is 4.63. The van der Waals surface area contributed by atoms with Crippen molar-refractivity contribution in [2.45, 2.75) is 31.4 Å². The third-order valence-corrected chi connectivity index (χ3v) is 5.99. The number of hydrogen-bond acceptors (Lipinski definition) is 5. The number of likely N-dealkylation sites (tertiary alicyclic amines) is 1. The van der Waals surface area contributed by atoms with Crippen molar-refractivity contribution < 1.29 is 28.3 Å². The summed E-state index contributed by atoms with van der Waals surface area (Å²) in [4.78, 5) is 26.7. The van der Waals surface area contributed by atoms with Gasteiger partial charge in [-0.1, -0.05) is 5.16 Å². The first-order chi connectivity index (χ1) is 14.3. The second-order valence-corrected chi connectivity index (χ2v) is 8.17. The molecule has 1 unspecified atom stereocenters. The number of hydrogen-bond donors (Lipinski definition) is 1. The summed E-state index contributed by atoms with van der Waals surface area (Å²) >= 11 is 0. The van der Waals surface area contributed by atoms with Gasteiger partial charge in [-0.05, 0) is 48.9 Å². The molecule has 0 spiro atoms. The fraction of sp³-hybridized carbons (Fsp3) is 0.476. The van der Waals surface area contributed by atoms with Crippen LogP contribution >= 0.6 is 0 Å². The first kappa shape index (κ1) is 20.2. The highest BCUT2D eigenvalue weighted by atomic mass is 19.1. The van der Waals surface area contributed by atoms with Crippen LogP contribution < -0.4 is 4.74 Å². The molecule has 1 saturated heterocycles. The van der Waals surface area contributed by atoms with Crippen LogP contribution in [0.5, 0.6) is 5.75 Å². The van der Waals surface area contributed by atoms with E-state index in [2.05, 4.69) is 5.16 Å². The summed E-state index contributed by atoms with van der Waals surface area (Å²) in [7, 11) is 3.26. The van der Waals surface area contributed by atoms with Gasteiger partial charge in [-0.15, -0.1) is 0 Å². The molecule has 2 amide bonds. The molecule has 2 heterocycles. The Kier molecular flexibility index (Phi) is 5.36. The summed E-state index contributed by atoms with van der Waals surface area (Å²) in [5, 5.41) is 13.5. The molecule has 8 nitrogen and oxygen atoms in total. The standard InChI is InChI=1S/C21H24FN3O5/c1-24(2)20(26)18-9-16(30-23-18)10-19-17-8-15(7-12(17)11-25(19)21(27)28)29-14-5-3-13(22)4-6-14/h3-6,9,12,15,17,19H,7-8,10-11H2,1-2H3,(H,27,28)/t12-,15-,17-,19?/m0/s1. The molecule has 9 heteroatoms. The normalized spacial score (nSPS) is 25.2. The Balaban J connectivity index is 1.46. The van der Waals surface area contributed by atoms with Crippen LogP contribution in [0.15, 0.2) is 34.9 Å². The number of halogens is 1. The second kappa shape index (κ2) is 7.97. The lowest BCUT2D eigenvalue weighted by atomic mass is 9.91. The van der Waals surface area contributed by atoms with Crippen LogP contribution in [-0.2, 0) is 6.42 Å². The van der Waals surface area contributed by atoms with Crippen molar-refractivity contribution in [2.24, 2.45) is 11.8 Å². The van der Waals surface area contributed by atoms with E-state index in [1.54, 1.807) is 32.3 Å².